The molecule has 0 N–H and O–H groups in total. The summed E-state index contributed by atoms with van der Waals surface area (Å²) in [6.45, 7) is 2.25. The maximum absolute atomic E-state index is 13.3. The molecule has 1 fully saturated rings. The van der Waals surface area contributed by atoms with Gasteiger partial charge >= 0.3 is 0 Å². The molecule has 0 radical (unpaired) electrons. The van der Waals surface area contributed by atoms with Crippen molar-refractivity contribution in [1.29, 1.82) is 0 Å². The highest BCUT2D eigenvalue weighted by Crippen LogP contribution is 2.33. The lowest BCUT2D eigenvalue weighted by Crippen LogP contribution is -2.34. The summed E-state index contributed by atoms with van der Waals surface area (Å²) in [7, 11) is 2.18. The Hall–Kier alpha value is -2.33. The SMILES string of the molecule is CN1CCC(C2C=C(c3ccncc3)C(c3ccc(F)cc3)=N2)CC1. The molecule has 1 unspecified atom stereocenters. The van der Waals surface area contributed by atoms with Crippen molar-refractivity contribution in [3.63, 3.8) is 0 Å². The highest BCUT2D eigenvalue weighted by Gasteiger charge is 2.29. The molecule has 0 amide bonds. The van der Waals surface area contributed by atoms with Crippen LogP contribution in [0.2, 0.25) is 0 Å². The van der Waals surface area contributed by atoms with Gasteiger partial charge in [0.2, 0.25) is 0 Å². The van der Waals surface area contributed by atoms with Gasteiger partial charge in [-0.05, 0) is 86.9 Å². The van der Waals surface area contributed by atoms with Gasteiger partial charge in [-0.2, -0.15) is 0 Å². The molecule has 2 aliphatic rings. The summed E-state index contributed by atoms with van der Waals surface area (Å²) in [6, 6.07) is 10.9. The van der Waals surface area contributed by atoms with Crippen molar-refractivity contribution in [2.24, 2.45) is 10.9 Å². The van der Waals surface area contributed by atoms with E-state index >= 15 is 0 Å². The molecule has 128 valence electrons. The van der Waals surface area contributed by atoms with Crippen LogP contribution in [0.3, 0.4) is 0 Å². The van der Waals surface area contributed by atoms with Crippen molar-refractivity contribution < 1.29 is 4.39 Å². The molecule has 2 aliphatic heterocycles. The minimum atomic E-state index is -0.219. The number of benzene rings is 1. The molecule has 0 saturated carbocycles. The Kier molecular flexibility index (Phi) is 4.45. The Balaban J connectivity index is 1.69. The summed E-state index contributed by atoms with van der Waals surface area (Å²) >= 11 is 0. The highest BCUT2D eigenvalue weighted by molar-refractivity contribution is 6.33. The molecule has 1 saturated heterocycles. The molecule has 1 aromatic carbocycles. The number of aromatic nitrogens is 1. The summed E-state index contributed by atoms with van der Waals surface area (Å²) in [5.74, 6) is 0.356. The summed E-state index contributed by atoms with van der Waals surface area (Å²) < 4.78 is 13.3. The van der Waals surface area contributed by atoms with Crippen LogP contribution in [0.25, 0.3) is 5.57 Å². The van der Waals surface area contributed by atoms with Gasteiger partial charge in [-0.1, -0.05) is 0 Å². The zero-order valence-electron chi connectivity index (χ0n) is 14.4. The Morgan fingerprint density at radius 3 is 2.32 bits per heavy atom. The number of hydrogen-bond donors (Lipinski definition) is 0. The Morgan fingerprint density at radius 2 is 1.64 bits per heavy atom. The van der Waals surface area contributed by atoms with E-state index in [4.69, 9.17) is 4.99 Å². The number of halogens is 1. The predicted molar refractivity (Wildman–Crippen MR) is 99.2 cm³/mol. The van der Waals surface area contributed by atoms with Crippen LogP contribution >= 0.6 is 0 Å². The van der Waals surface area contributed by atoms with Gasteiger partial charge in [0.25, 0.3) is 0 Å². The minimum absolute atomic E-state index is 0.205. The molecular weight excluding hydrogens is 313 g/mol. The standard InChI is InChI=1S/C21H22FN3/c1-25-12-8-16(9-13-25)20-14-19(15-6-10-23-11-7-15)21(24-20)17-2-4-18(22)5-3-17/h2-7,10-11,14,16,20H,8-9,12-13H2,1H3. The maximum atomic E-state index is 13.3. The van der Waals surface area contributed by atoms with Gasteiger partial charge in [0.1, 0.15) is 5.82 Å². The Morgan fingerprint density at radius 1 is 0.960 bits per heavy atom. The van der Waals surface area contributed by atoms with Crippen LogP contribution in [-0.4, -0.2) is 41.8 Å². The molecule has 1 aromatic heterocycles. The number of rotatable bonds is 3. The van der Waals surface area contributed by atoms with Crippen molar-refractivity contribution >= 4 is 11.3 Å². The number of piperidine rings is 1. The van der Waals surface area contributed by atoms with Gasteiger partial charge in [-0.15, -0.1) is 0 Å². The van der Waals surface area contributed by atoms with E-state index in [9.17, 15) is 4.39 Å². The number of nitrogens with zero attached hydrogens (tertiary/aromatic N) is 3. The average Bonchev–Trinajstić information content (AvgIpc) is 3.09. The Labute approximate surface area is 147 Å². The third-order valence-electron chi connectivity index (χ3n) is 5.23. The summed E-state index contributed by atoms with van der Waals surface area (Å²) in [5.41, 5.74) is 4.20. The summed E-state index contributed by atoms with van der Waals surface area (Å²) in [4.78, 5) is 11.6. The third kappa shape index (κ3) is 3.40. The molecule has 3 heterocycles. The fourth-order valence-electron chi connectivity index (χ4n) is 3.72. The quantitative estimate of drug-likeness (QED) is 0.853. The largest absolute Gasteiger partial charge is 0.306 e. The second kappa shape index (κ2) is 6.89. The van der Waals surface area contributed by atoms with Crippen LogP contribution < -0.4 is 0 Å². The van der Waals surface area contributed by atoms with Crippen LogP contribution in [-0.2, 0) is 0 Å². The molecule has 0 bridgehead atoms. The van der Waals surface area contributed by atoms with Gasteiger partial charge in [0.05, 0.1) is 11.8 Å². The fraction of sp³-hybridized carbons (Fsp3) is 0.333. The Bertz CT molecular complexity index is 788. The lowest BCUT2D eigenvalue weighted by molar-refractivity contribution is 0.211. The monoisotopic (exact) mass is 335 g/mol. The number of aliphatic imine (C=N–C) groups is 1. The summed E-state index contributed by atoms with van der Waals surface area (Å²) in [6.07, 6.45) is 8.25. The van der Waals surface area contributed by atoms with E-state index in [1.165, 1.54) is 25.0 Å². The van der Waals surface area contributed by atoms with Crippen molar-refractivity contribution in [3.05, 3.63) is 71.8 Å². The van der Waals surface area contributed by atoms with E-state index in [0.29, 0.717) is 5.92 Å². The molecule has 2 aromatic rings. The second-order valence-electron chi connectivity index (χ2n) is 6.93. The normalized spacial score (nSPS) is 21.9. The van der Waals surface area contributed by atoms with Crippen LogP contribution in [0.5, 0.6) is 0 Å². The highest BCUT2D eigenvalue weighted by atomic mass is 19.1. The van der Waals surface area contributed by atoms with Crippen molar-refractivity contribution in [2.45, 2.75) is 18.9 Å². The van der Waals surface area contributed by atoms with Crippen LogP contribution in [0.15, 0.2) is 59.9 Å². The number of hydrogen-bond acceptors (Lipinski definition) is 3. The lowest BCUT2D eigenvalue weighted by atomic mass is 9.89. The molecule has 0 spiro atoms. The van der Waals surface area contributed by atoms with Crippen molar-refractivity contribution in [2.75, 3.05) is 20.1 Å². The number of pyridine rings is 1. The van der Waals surface area contributed by atoms with E-state index in [1.54, 1.807) is 12.4 Å². The minimum Gasteiger partial charge on any atom is -0.306 e. The number of allylic oxidation sites excluding steroid dienone is 1. The molecule has 0 aliphatic carbocycles. The van der Waals surface area contributed by atoms with E-state index in [0.717, 1.165) is 35.5 Å². The molecule has 4 heteroatoms. The molecule has 3 nitrogen and oxygen atoms in total. The molecule has 4 rings (SSSR count). The van der Waals surface area contributed by atoms with E-state index < -0.39 is 0 Å². The lowest BCUT2D eigenvalue weighted by Gasteiger charge is -2.30. The topological polar surface area (TPSA) is 28.5 Å². The molecular formula is C21H22FN3. The molecule has 25 heavy (non-hydrogen) atoms. The zero-order chi connectivity index (χ0) is 17.2. The van der Waals surface area contributed by atoms with Gasteiger partial charge in [0.15, 0.2) is 0 Å². The van der Waals surface area contributed by atoms with Crippen LogP contribution in [0, 0.1) is 11.7 Å². The summed E-state index contributed by atoms with van der Waals surface area (Å²) in [5, 5.41) is 0. The van der Waals surface area contributed by atoms with E-state index in [2.05, 4.69) is 23.0 Å². The van der Waals surface area contributed by atoms with Crippen LogP contribution in [0.4, 0.5) is 4.39 Å². The predicted octanol–water partition coefficient (Wildman–Crippen LogP) is 3.82. The van der Waals surface area contributed by atoms with E-state index in [1.807, 2.05) is 24.3 Å². The fourth-order valence-corrected chi connectivity index (χ4v) is 3.72. The zero-order valence-corrected chi connectivity index (χ0v) is 14.4. The first-order valence-electron chi connectivity index (χ1n) is 8.85. The van der Waals surface area contributed by atoms with Gasteiger partial charge in [-0.3, -0.25) is 9.98 Å². The second-order valence-corrected chi connectivity index (χ2v) is 6.93. The number of likely N-dealkylation sites (tertiary alicyclic amines) is 1. The third-order valence-corrected chi connectivity index (χ3v) is 5.23. The maximum Gasteiger partial charge on any atom is 0.123 e. The van der Waals surface area contributed by atoms with Gasteiger partial charge in [0, 0.05) is 23.5 Å². The average molecular weight is 335 g/mol. The van der Waals surface area contributed by atoms with Gasteiger partial charge in [-0.25, -0.2) is 4.39 Å². The van der Waals surface area contributed by atoms with Crippen LogP contribution in [0.1, 0.15) is 24.0 Å². The molecule has 1 atom stereocenters. The first kappa shape index (κ1) is 16.2. The van der Waals surface area contributed by atoms with E-state index in [-0.39, 0.29) is 11.9 Å². The first-order valence-corrected chi connectivity index (χ1v) is 8.85. The smallest absolute Gasteiger partial charge is 0.123 e. The van der Waals surface area contributed by atoms with Crippen molar-refractivity contribution in [3.8, 4) is 0 Å². The van der Waals surface area contributed by atoms with Crippen molar-refractivity contribution in [1.82, 2.24) is 9.88 Å². The first-order chi connectivity index (χ1) is 12.2. The van der Waals surface area contributed by atoms with Gasteiger partial charge < -0.3 is 4.90 Å².